The highest BCUT2D eigenvalue weighted by molar-refractivity contribution is 5.77. The van der Waals surface area contributed by atoms with E-state index in [2.05, 4.69) is 10.2 Å². The summed E-state index contributed by atoms with van der Waals surface area (Å²) < 4.78 is 11.3. The highest BCUT2D eigenvalue weighted by Crippen LogP contribution is 2.25. The number of hydrogen-bond acceptors (Lipinski definition) is 4. The number of para-hydroxylation sites is 1. The molecule has 1 saturated heterocycles. The van der Waals surface area contributed by atoms with E-state index < -0.39 is 0 Å². The largest absolute Gasteiger partial charge is 0.484 e. The van der Waals surface area contributed by atoms with Gasteiger partial charge in [0, 0.05) is 6.54 Å². The van der Waals surface area contributed by atoms with Gasteiger partial charge in [-0.2, -0.15) is 0 Å². The minimum Gasteiger partial charge on any atom is -0.484 e. The summed E-state index contributed by atoms with van der Waals surface area (Å²) in [6.45, 7) is 4.59. The van der Waals surface area contributed by atoms with Crippen molar-refractivity contribution in [3.63, 3.8) is 0 Å². The van der Waals surface area contributed by atoms with Crippen molar-refractivity contribution in [2.45, 2.75) is 32.2 Å². The first-order chi connectivity index (χ1) is 12.2. The lowest BCUT2D eigenvalue weighted by Gasteiger charge is -2.33. The normalized spacial score (nSPS) is 16.4. The molecule has 0 aliphatic carbocycles. The zero-order chi connectivity index (χ0) is 17.5. The van der Waals surface area contributed by atoms with Crippen molar-refractivity contribution in [1.82, 2.24) is 10.2 Å². The second kappa shape index (κ2) is 8.72. The number of furan rings is 1. The molecule has 0 bridgehead atoms. The molecule has 1 aromatic carbocycles. The molecule has 0 spiro atoms. The quantitative estimate of drug-likeness (QED) is 0.839. The van der Waals surface area contributed by atoms with Gasteiger partial charge in [0.25, 0.3) is 5.91 Å². The van der Waals surface area contributed by atoms with E-state index in [1.807, 2.05) is 49.4 Å². The van der Waals surface area contributed by atoms with E-state index in [4.69, 9.17) is 9.15 Å². The minimum atomic E-state index is -0.117. The van der Waals surface area contributed by atoms with Crippen molar-refractivity contribution in [1.29, 1.82) is 0 Å². The summed E-state index contributed by atoms with van der Waals surface area (Å²) in [7, 11) is 0. The molecule has 5 nitrogen and oxygen atoms in total. The molecule has 1 aliphatic heterocycles. The number of benzene rings is 1. The molecule has 2 heterocycles. The number of hydrogen-bond donors (Lipinski definition) is 1. The lowest BCUT2D eigenvalue weighted by atomic mass is 10.1. The zero-order valence-corrected chi connectivity index (χ0v) is 14.7. The van der Waals surface area contributed by atoms with E-state index in [1.54, 1.807) is 0 Å². The fourth-order valence-electron chi connectivity index (χ4n) is 3.20. The van der Waals surface area contributed by atoms with Crippen molar-refractivity contribution >= 4 is 5.91 Å². The third-order valence-corrected chi connectivity index (χ3v) is 4.53. The molecular weight excluding hydrogens is 316 g/mol. The Morgan fingerprint density at radius 1 is 1.16 bits per heavy atom. The molecular formula is C20H26N2O3. The van der Waals surface area contributed by atoms with Crippen LogP contribution in [0.25, 0.3) is 0 Å². The molecule has 1 atom stereocenters. The number of carbonyl (C=O) groups is 1. The number of carbonyl (C=O) groups excluding carboxylic acids is 1. The highest BCUT2D eigenvalue weighted by Gasteiger charge is 2.25. The Balaban J connectivity index is 1.55. The maximum atomic E-state index is 12.2. The Labute approximate surface area is 149 Å². The van der Waals surface area contributed by atoms with Crippen molar-refractivity contribution < 1.29 is 13.9 Å². The number of rotatable bonds is 7. The van der Waals surface area contributed by atoms with Crippen LogP contribution in [-0.4, -0.2) is 37.0 Å². The van der Waals surface area contributed by atoms with E-state index in [-0.39, 0.29) is 18.6 Å². The van der Waals surface area contributed by atoms with Crippen LogP contribution < -0.4 is 10.1 Å². The molecule has 2 aromatic rings. The Morgan fingerprint density at radius 3 is 2.60 bits per heavy atom. The summed E-state index contributed by atoms with van der Waals surface area (Å²) in [5, 5.41) is 2.99. The molecule has 3 rings (SSSR count). The van der Waals surface area contributed by atoms with E-state index >= 15 is 0 Å². The highest BCUT2D eigenvalue weighted by atomic mass is 16.5. The summed E-state index contributed by atoms with van der Waals surface area (Å²) in [5.41, 5.74) is 0. The Bertz CT molecular complexity index is 663. The van der Waals surface area contributed by atoms with Gasteiger partial charge in [-0.3, -0.25) is 9.69 Å². The lowest BCUT2D eigenvalue weighted by Crippen LogP contribution is -2.41. The molecule has 0 radical (unpaired) electrons. The van der Waals surface area contributed by atoms with Gasteiger partial charge in [-0.1, -0.05) is 24.6 Å². The standard InChI is InChI=1S/C20H26N2O3/c1-16-10-11-19(25-16)18(22-12-6-3-7-13-22)14-21-20(23)15-24-17-8-4-2-5-9-17/h2,4-5,8-11,18H,3,6-7,12-15H2,1H3,(H,21,23). The predicted octanol–water partition coefficient (Wildman–Crippen LogP) is 3.31. The number of amides is 1. The van der Waals surface area contributed by atoms with E-state index in [9.17, 15) is 4.79 Å². The van der Waals surface area contributed by atoms with Gasteiger partial charge < -0.3 is 14.5 Å². The fraction of sp³-hybridized carbons (Fsp3) is 0.450. The number of nitrogens with one attached hydrogen (secondary N) is 1. The van der Waals surface area contributed by atoms with Crippen LogP contribution in [0.1, 0.15) is 36.8 Å². The van der Waals surface area contributed by atoms with Crippen LogP contribution in [0.5, 0.6) is 5.75 Å². The topological polar surface area (TPSA) is 54.7 Å². The number of nitrogens with zero attached hydrogens (tertiary/aromatic N) is 1. The summed E-state index contributed by atoms with van der Waals surface area (Å²) in [6, 6.07) is 13.5. The van der Waals surface area contributed by atoms with Gasteiger partial charge in [0.1, 0.15) is 17.3 Å². The molecule has 1 N–H and O–H groups in total. The maximum absolute atomic E-state index is 12.2. The van der Waals surface area contributed by atoms with Gasteiger partial charge in [-0.25, -0.2) is 0 Å². The molecule has 1 amide bonds. The molecule has 1 unspecified atom stereocenters. The van der Waals surface area contributed by atoms with Crippen molar-refractivity contribution in [2.24, 2.45) is 0 Å². The third-order valence-electron chi connectivity index (χ3n) is 4.53. The lowest BCUT2D eigenvalue weighted by molar-refractivity contribution is -0.123. The SMILES string of the molecule is Cc1ccc(C(CNC(=O)COc2ccccc2)N2CCCCC2)o1. The average Bonchev–Trinajstić information content (AvgIpc) is 3.08. The van der Waals surface area contributed by atoms with Gasteiger partial charge in [0.05, 0.1) is 6.04 Å². The van der Waals surface area contributed by atoms with Crippen molar-refractivity contribution in [3.8, 4) is 5.75 Å². The van der Waals surface area contributed by atoms with Crippen LogP contribution in [-0.2, 0) is 4.79 Å². The number of piperidine rings is 1. The van der Waals surface area contributed by atoms with Crippen LogP contribution in [0.4, 0.5) is 0 Å². The Morgan fingerprint density at radius 2 is 1.92 bits per heavy atom. The Hall–Kier alpha value is -2.27. The third kappa shape index (κ3) is 5.10. The first kappa shape index (κ1) is 17.5. The maximum Gasteiger partial charge on any atom is 0.258 e. The van der Waals surface area contributed by atoms with E-state index in [0.29, 0.717) is 12.3 Å². The second-order valence-corrected chi connectivity index (χ2v) is 6.47. The monoisotopic (exact) mass is 342 g/mol. The van der Waals surface area contributed by atoms with E-state index in [0.717, 1.165) is 24.6 Å². The fourth-order valence-corrected chi connectivity index (χ4v) is 3.20. The first-order valence-corrected chi connectivity index (χ1v) is 8.97. The van der Waals surface area contributed by atoms with Crippen LogP contribution in [0.3, 0.4) is 0 Å². The van der Waals surface area contributed by atoms with Crippen molar-refractivity contribution in [2.75, 3.05) is 26.2 Å². The van der Waals surface area contributed by atoms with E-state index in [1.165, 1.54) is 19.3 Å². The van der Waals surface area contributed by atoms with Gasteiger partial charge in [-0.15, -0.1) is 0 Å². The smallest absolute Gasteiger partial charge is 0.258 e. The molecule has 1 fully saturated rings. The molecule has 0 saturated carbocycles. The Kier molecular flexibility index (Phi) is 6.12. The molecule has 134 valence electrons. The number of likely N-dealkylation sites (tertiary alicyclic amines) is 1. The molecule has 25 heavy (non-hydrogen) atoms. The molecule has 1 aromatic heterocycles. The van der Waals surface area contributed by atoms with Gasteiger partial charge in [-0.05, 0) is 57.1 Å². The predicted molar refractivity (Wildman–Crippen MR) is 96.6 cm³/mol. The van der Waals surface area contributed by atoms with Crippen LogP contribution in [0.2, 0.25) is 0 Å². The summed E-state index contributed by atoms with van der Waals surface area (Å²) >= 11 is 0. The summed E-state index contributed by atoms with van der Waals surface area (Å²) in [5.74, 6) is 2.40. The number of aryl methyl sites for hydroxylation is 1. The number of ether oxygens (including phenoxy) is 1. The van der Waals surface area contributed by atoms with Crippen LogP contribution in [0.15, 0.2) is 46.9 Å². The minimum absolute atomic E-state index is 0.0217. The summed E-state index contributed by atoms with van der Waals surface area (Å²) in [6.07, 6.45) is 3.67. The van der Waals surface area contributed by atoms with Gasteiger partial charge >= 0.3 is 0 Å². The van der Waals surface area contributed by atoms with Crippen molar-refractivity contribution in [3.05, 3.63) is 54.0 Å². The zero-order valence-electron chi connectivity index (χ0n) is 14.7. The van der Waals surface area contributed by atoms with Crippen LogP contribution in [0, 0.1) is 6.92 Å². The molecule has 1 aliphatic rings. The first-order valence-electron chi connectivity index (χ1n) is 8.97. The van der Waals surface area contributed by atoms with Gasteiger partial charge in [0.15, 0.2) is 6.61 Å². The summed E-state index contributed by atoms with van der Waals surface area (Å²) in [4.78, 5) is 14.6. The van der Waals surface area contributed by atoms with Gasteiger partial charge in [0.2, 0.25) is 0 Å². The molecule has 5 heteroatoms. The van der Waals surface area contributed by atoms with Crippen LogP contribution >= 0.6 is 0 Å². The second-order valence-electron chi connectivity index (χ2n) is 6.47. The average molecular weight is 342 g/mol.